The standard InChI is InChI=1S/C25H37FN4O2/c26-22-10-6-9-21(19-22)25(32)30-17-15-29(16-18-30)23(20-7-2-3-8-20)24(31)27-11-14-28-12-4-1-5-13-28/h6,9-10,19-20,23H,1-5,7-8,11-18H2,(H,27,31)/t23-/m1/s1. The molecule has 0 spiro atoms. The average Bonchev–Trinajstić information content (AvgIpc) is 3.34. The van der Waals surface area contributed by atoms with Crippen molar-refractivity contribution in [1.29, 1.82) is 0 Å². The number of nitrogens with one attached hydrogen (secondary N) is 1. The molecule has 1 N–H and O–H groups in total. The van der Waals surface area contributed by atoms with Crippen LogP contribution in [0.25, 0.3) is 0 Å². The van der Waals surface area contributed by atoms with Crippen LogP contribution in [0.4, 0.5) is 4.39 Å². The van der Waals surface area contributed by atoms with Gasteiger partial charge in [0.25, 0.3) is 5.91 Å². The number of benzene rings is 1. The zero-order valence-electron chi connectivity index (χ0n) is 19.1. The number of carbonyl (C=O) groups excluding carboxylic acids is 2. The van der Waals surface area contributed by atoms with Crippen LogP contribution in [0.5, 0.6) is 0 Å². The van der Waals surface area contributed by atoms with Gasteiger partial charge in [0.2, 0.25) is 5.91 Å². The van der Waals surface area contributed by atoms with Gasteiger partial charge < -0.3 is 15.1 Å². The number of halogens is 1. The predicted octanol–water partition coefficient (Wildman–Crippen LogP) is 2.74. The van der Waals surface area contributed by atoms with E-state index in [-0.39, 0.29) is 17.9 Å². The average molecular weight is 445 g/mol. The van der Waals surface area contributed by atoms with Crippen molar-refractivity contribution in [3.63, 3.8) is 0 Å². The summed E-state index contributed by atoms with van der Waals surface area (Å²) in [5.41, 5.74) is 0.390. The Balaban J connectivity index is 1.32. The van der Waals surface area contributed by atoms with Gasteiger partial charge in [-0.2, -0.15) is 0 Å². The minimum absolute atomic E-state index is 0.106. The third-order valence-corrected chi connectivity index (χ3v) is 7.36. The van der Waals surface area contributed by atoms with Crippen LogP contribution in [0.1, 0.15) is 55.3 Å². The third kappa shape index (κ3) is 5.87. The first kappa shape index (κ1) is 23.2. The molecule has 32 heavy (non-hydrogen) atoms. The number of piperidine rings is 1. The maximum atomic E-state index is 13.5. The molecule has 1 saturated carbocycles. The van der Waals surface area contributed by atoms with Gasteiger partial charge in [0.15, 0.2) is 0 Å². The monoisotopic (exact) mass is 444 g/mol. The Hall–Kier alpha value is -1.99. The molecular weight excluding hydrogens is 407 g/mol. The van der Waals surface area contributed by atoms with E-state index in [2.05, 4.69) is 15.1 Å². The van der Waals surface area contributed by atoms with E-state index in [1.165, 1.54) is 44.2 Å². The topological polar surface area (TPSA) is 55.9 Å². The Morgan fingerprint density at radius 3 is 2.38 bits per heavy atom. The molecule has 3 fully saturated rings. The zero-order chi connectivity index (χ0) is 22.3. The largest absolute Gasteiger partial charge is 0.353 e. The lowest BCUT2D eigenvalue weighted by atomic mass is 9.95. The first-order valence-electron chi connectivity index (χ1n) is 12.4. The summed E-state index contributed by atoms with van der Waals surface area (Å²) in [7, 11) is 0. The number of amides is 2. The van der Waals surface area contributed by atoms with E-state index < -0.39 is 5.82 Å². The summed E-state index contributed by atoms with van der Waals surface area (Å²) in [6, 6.07) is 5.78. The molecule has 0 aromatic heterocycles. The van der Waals surface area contributed by atoms with Crippen molar-refractivity contribution in [1.82, 2.24) is 20.0 Å². The van der Waals surface area contributed by atoms with E-state index in [4.69, 9.17) is 0 Å². The number of hydrogen-bond acceptors (Lipinski definition) is 4. The van der Waals surface area contributed by atoms with Gasteiger partial charge in [-0.3, -0.25) is 14.5 Å². The Morgan fingerprint density at radius 2 is 1.69 bits per heavy atom. The summed E-state index contributed by atoms with van der Waals surface area (Å²) in [5, 5.41) is 3.23. The Kier molecular flexibility index (Phi) is 8.14. The normalized spacial score (nSPS) is 22.1. The van der Waals surface area contributed by atoms with Gasteiger partial charge in [0.05, 0.1) is 6.04 Å². The summed E-state index contributed by atoms with van der Waals surface area (Å²) in [6.07, 6.45) is 8.44. The molecule has 0 unspecified atom stereocenters. The molecule has 2 heterocycles. The van der Waals surface area contributed by atoms with Crippen molar-refractivity contribution < 1.29 is 14.0 Å². The number of hydrogen-bond donors (Lipinski definition) is 1. The van der Waals surface area contributed by atoms with Crippen molar-refractivity contribution in [2.24, 2.45) is 5.92 Å². The SMILES string of the molecule is O=C(NCCN1CCCCC1)[C@@H](C1CCCC1)N1CCN(C(=O)c2cccc(F)c2)CC1. The van der Waals surface area contributed by atoms with Crippen LogP contribution >= 0.6 is 0 Å². The molecule has 4 rings (SSSR count). The van der Waals surface area contributed by atoms with Crippen LogP contribution < -0.4 is 5.32 Å². The maximum Gasteiger partial charge on any atom is 0.254 e. The molecule has 2 saturated heterocycles. The second kappa shape index (κ2) is 11.2. The minimum Gasteiger partial charge on any atom is -0.353 e. The molecule has 0 radical (unpaired) electrons. The highest BCUT2D eigenvalue weighted by Gasteiger charge is 2.37. The fourth-order valence-corrected chi connectivity index (χ4v) is 5.58. The number of nitrogens with zero attached hydrogens (tertiary/aromatic N) is 3. The second-order valence-corrected chi connectivity index (χ2v) is 9.52. The Labute approximate surface area is 191 Å². The highest BCUT2D eigenvalue weighted by Crippen LogP contribution is 2.31. The van der Waals surface area contributed by atoms with Crippen LogP contribution in [-0.4, -0.2) is 84.9 Å². The minimum atomic E-state index is -0.392. The first-order valence-corrected chi connectivity index (χ1v) is 12.4. The van der Waals surface area contributed by atoms with E-state index in [0.717, 1.165) is 32.5 Å². The summed E-state index contributed by atoms with van der Waals surface area (Å²) in [5.74, 6) is 0.0267. The van der Waals surface area contributed by atoms with Crippen LogP contribution in [0, 0.1) is 11.7 Å². The molecule has 6 nitrogen and oxygen atoms in total. The van der Waals surface area contributed by atoms with Gasteiger partial charge in [-0.25, -0.2) is 4.39 Å². The molecule has 176 valence electrons. The highest BCUT2D eigenvalue weighted by molar-refractivity contribution is 5.94. The zero-order valence-corrected chi connectivity index (χ0v) is 19.1. The van der Waals surface area contributed by atoms with E-state index in [1.54, 1.807) is 17.0 Å². The van der Waals surface area contributed by atoms with Crippen molar-refractivity contribution >= 4 is 11.8 Å². The molecule has 3 aliphatic rings. The molecule has 1 atom stereocenters. The fraction of sp³-hybridized carbons (Fsp3) is 0.680. The van der Waals surface area contributed by atoms with E-state index >= 15 is 0 Å². The van der Waals surface area contributed by atoms with Crippen molar-refractivity contribution in [2.45, 2.75) is 51.0 Å². The number of carbonyl (C=O) groups is 2. The quantitative estimate of drug-likeness (QED) is 0.703. The number of likely N-dealkylation sites (tertiary alicyclic amines) is 1. The van der Waals surface area contributed by atoms with Gasteiger partial charge >= 0.3 is 0 Å². The smallest absolute Gasteiger partial charge is 0.254 e. The molecule has 7 heteroatoms. The van der Waals surface area contributed by atoms with Crippen LogP contribution in [-0.2, 0) is 4.79 Å². The van der Waals surface area contributed by atoms with Gasteiger partial charge in [-0.15, -0.1) is 0 Å². The van der Waals surface area contributed by atoms with Crippen molar-refractivity contribution in [3.05, 3.63) is 35.6 Å². The summed E-state index contributed by atoms with van der Waals surface area (Å²) < 4.78 is 13.5. The molecule has 1 aliphatic carbocycles. The maximum absolute atomic E-state index is 13.5. The fourth-order valence-electron chi connectivity index (χ4n) is 5.58. The van der Waals surface area contributed by atoms with Crippen LogP contribution in [0.15, 0.2) is 24.3 Å². The lowest BCUT2D eigenvalue weighted by molar-refractivity contribution is -0.129. The molecule has 1 aromatic carbocycles. The number of piperazine rings is 1. The highest BCUT2D eigenvalue weighted by atomic mass is 19.1. The first-order chi connectivity index (χ1) is 15.6. The third-order valence-electron chi connectivity index (χ3n) is 7.36. The van der Waals surface area contributed by atoms with Crippen LogP contribution in [0.3, 0.4) is 0 Å². The van der Waals surface area contributed by atoms with Gasteiger partial charge in [0.1, 0.15) is 5.82 Å². The summed E-state index contributed by atoms with van der Waals surface area (Å²) in [6.45, 7) is 6.42. The summed E-state index contributed by atoms with van der Waals surface area (Å²) >= 11 is 0. The van der Waals surface area contributed by atoms with E-state index in [0.29, 0.717) is 44.2 Å². The molecule has 2 aliphatic heterocycles. The molecule has 1 aromatic rings. The lowest BCUT2D eigenvalue weighted by Gasteiger charge is -2.41. The second-order valence-electron chi connectivity index (χ2n) is 9.52. The van der Waals surface area contributed by atoms with E-state index in [1.807, 2.05) is 0 Å². The lowest BCUT2D eigenvalue weighted by Crippen LogP contribution is -2.58. The predicted molar refractivity (Wildman–Crippen MR) is 123 cm³/mol. The van der Waals surface area contributed by atoms with Crippen molar-refractivity contribution in [2.75, 3.05) is 52.4 Å². The summed E-state index contributed by atoms with van der Waals surface area (Å²) in [4.78, 5) is 32.5. The van der Waals surface area contributed by atoms with Crippen LogP contribution in [0.2, 0.25) is 0 Å². The Morgan fingerprint density at radius 1 is 0.969 bits per heavy atom. The Bertz CT molecular complexity index is 769. The van der Waals surface area contributed by atoms with E-state index in [9.17, 15) is 14.0 Å². The van der Waals surface area contributed by atoms with Crippen molar-refractivity contribution in [3.8, 4) is 0 Å². The number of rotatable bonds is 7. The molecular formula is C25H37FN4O2. The molecule has 2 amide bonds. The molecule has 0 bridgehead atoms. The van der Waals surface area contributed by atoms with Gasteiger partial charge in [0, 0.05) is 44.8 Å². The van der Waals surface area contributed by atoms with Gasteiger partial charge in [-0.05, 0) is 62.9 Å². The van der Waals surface area contributed by atoms with Gasteiger partial charge in [-0.1, -0.05) is 25.3 Å².